The van der Waals surface area contributed by atoms with Gasteiger partial charge in [0.2, 0.25) is 0 Å². The van der Waals surface area contributed by atoms with Crippen LogP contribution in [-0.4, -0.2) is 34.6 Å². The number of aldehydes is 1. The average molecular weight is 409 g/mol. The number of ether oxygens (including phenoxy) is 1. The van der Waals surface area contributed by atoms with Crippen LogP contribution in [0.1, 0.15) is 93.7 Å². The van der Waals surface area contributed by atoms with Crippen LogP contribution in [0, 0.1) is 6.92 Å². The normalized spacial score (nSPS) is 12.4. The van der Waals surface area contributed by atoms with Crippen molar-refractivity contribution in [3.8, 4) is 0 Å². The van der Waals surface area contributed by atoms with E-state index in [2.05, 4.69) is 23.0 Å². The van der Waals surface area contributed by atoms with Crippen molar-refractivity contribution in [1.82, 2.24) is 9.97 Å². The molecule has 1 aromatic heterocycles. The Morgan fingerprint density at radius 1 is 1.11 bits per heavy atom. The van der Waals surface area contributed by atoms with Gasteiger partial charge in [0.25, 0.3) is 0 Å². The van der Waals surface area contributed by atoms with E-state index in [1.807, 2.05) is 6.08 Å². The number of rotatable bonds is 16. The third-order valence-corrected chi connectivity index (χ3v) is 5.63. The van der Waals surface area contributed by atoms with E-state index >= 15 is 0 Å². The molecule has 0 bridgehead atoms. The lowest BCUT2D eigenvalue weighted by molar-refractivity contribution is -0.106. The fourth-order valence-electron chi connectivity index (χ4n) is 3.01. The van der Waals surface area contributed by atoms with Gasteiger partial charge in [-0.3, -0.25) is 0 Å². The molecule has 28 heavy (non-hydrogen) atoms. The van der Waals surface area contributed by atoms with Gasteiger partial charge in [-0.1, -0.05) is 88.6 Å². The summed E-state index contributed by atoms with van der Waals surface area (Å²) in [6, 6.07) is 0. The van der Waals surface area contributed by atoms with Crippen molar-refractivity contribution in [1.29, 1.82) is 0 Å². The predicted molar refractivity (Wildman–Crippen MR) is 116 cm³/mol. The van der Waals surface area contributed by atoms with Crippen LogP contribution in [0.3, 0.4) is 0 Å². The maximum atomic E-state index is 11.6. The number of thioether (sulfide) groups is 1. The lowest BCUT2D eigenvalue weighted by atomic mass is 10.1. The van der Waals surface area contributed by atoms with E-state index in [1.165, 1.54) is 76.7 Å². The molecule has 1 rings (SSSR count). The maximum absolute atomic E-state index is 11.6. The van der Waals surface area contributed by atoms with Gasteiger partial charge >= 0.3 is 5.97 Å². The molecular formula is C22H36N2O3S. The molecule has 0 fully saturated rings. The van der Waals surface area contributed by atoms with Crippen LogP contribution >= 0.6 is 11.8 Å². The molecule has 0 saturated carbocycles. The molecule has 0 aliphatic heterocycles. The highest BCUT2D eigenvalue weighted by Crippen LogP contribution is 2.22. The molecule has 0 aliphatic carbocycles. The van der Waals surface area contributed by atoms with Crippen molar-refractivity contribution >= 4 is 24.0 Å². The van der Waals surface area contributed by atoms with Gasteiger partial charge in [0.1, 0.15) is 6.29 Å². The van der Waals surface area contributed by atoms with Crippen LogP contribution in [0.4, 0.5) is 0 Å². The van der Waals surface area contributed by atoms with E-state index in [4.69, 9.17) is 4.74 Å². The van der Waals surface area contributed by atoms with Crippen molar-refractivity contribution in [3.05, 3.63) is 23.5 Å². The van der Waals surface area contributed by atoms with Crippen molar-refractivity contribution < 1.29 is 14.3 Å². The zero-order valence-corrected chi connectivity index (χ0v) is 18.5. The smallest absolute Gasteiger partial charge is 0.358 e. The number of imidazole rings is 1. The van der Waals surface area contributed by atoms with E-state index in [-0.39, 0.29) is 10.9 Å². The lowest BCUT2D eigenvalue weighted by Gasteiger charge is -2.02. The number of esters is 1. The first kappa shape index (κ1) is 24.5. The number of aromatic amines is 1. The summed E-state index contributed by atoms with van der Waals surface area (Å²) in [5, 5.41) is 0.248. The average Bonchev–Trinajstić information content (AvgIpc) is 3.07. The number of aryl methyl sites for hydroxylation is 1. The molecule has 0 amide bonds. The highest BCUT2D eigenvalue weighted by atomic mass is 32.2. The first-order valence-electron chi connectivity index (χ1n) is 10.6. The predicted octanol–water partition coefficient (Wildman–Crippen LogP) is 6.03. The van der Waals surface area contributed by atoms with Gasteiger partial charge in [0.15, 0.2) is 10.9 Å². The summed E-state index contributed by atoms with van der Waals surface area (Å²) in [7, 11) is 1.33. The first-order chi connectivity index (χ1) is 13.6. The van der Waals surface area contributed by atoms with Crippen LogP contribution in [0.25, 0.3) is 0 Å². The number of hydrogen-bond acceptors (Lipinski definition) is 5. The zero-order valence-electron chi connectivity index (χ0n) is 17.7. The highest BCUT2D eigenvalue weighted by molar-refractivity contribution is 8.00. The number of carbonyl (C=O) groups excluding carboxylic acids is 2. The number of nitrogens with zero attached hydrogens (tertiary/aromatic N) is 1. The number of allylic oxidation sites excluding steroid dienone is 1. The van der Waals surface area contributed by atoms with Gasteiger partial charge in [0, 0.05) is 5.69 Å². The lowest BCUT2D eigenvalue weighted by Crippen LogP contribution is -2.03. The second kappa shape index (κ2) is 15.4. The largest absolute Gasteiger partial charge is 0.464 e. The number of methoxy groups -OCH3 is 1. The quantitative estimate of drug-likeness (QED) is 0.119. The zero-order chi connectivity index (χ0) is 20.6. The second-order valence-corrected chi connectivity index (χ2v) is 8.29. The maximum Gasteiger partial charge on any atom is 0.358 e. The number of unbranched alkanes of at least 4 members (excludes halogenated alkanes) is 10. The molecule has 0 aromatic carbocycles. The molecule has 0 spiro atoms. The van der Waals surface area contributed by atoms with Gasteiger partial charge in [-0.05, 0) is 19.8 Å². The van der Waals surface area contributed by atoms with Gasteiger partial charge in [0.05, 0.1) is 12.4 Å². The van der Waals surface area contributed by atoms with Crippen LogP contribution in [0.5, 0.6) is 0 Å². The molecule has 1 unspecified atom stereocenters. The summed E-state index contributed by atoms with van der Waals surface area (Å²) in [5.74, 6) is -0.472. The molecule has 1 aromatic rings. The van der Waals surface area contributed by atoms with Crippen molar-refractivity contribution in [2.75, 3.05) is 7.11 Å². The Bertz CT molecular complexity index is 599. The molecule has 0 saturated heterocycles. The first-order valence-corrected chi connectivity index (χ1v) is 11.4. The second-order valence-electron chi connectivity index (χ2n) is 7.12. The number of H-pyrrole nitrogens is 1. The molecule has 0 radical (unpaired) electrons. The standard InChI is InChI=1S/C22H36N2O3S/c1-4-5-6-7-8-9-10-11-12-13-14-15-16-19(17-25)28-22-23-18(2)20(24-22)21(26)27-3/h15-17,19H,4-14H2,1-3H3,(H,23,24)/b16-15-. The summed E-state index contributed by atoms with van der Waals surface area (Å²) in [6.07, 6.45) is 19.1. The summed E-state index contributed by atoms with van der Waals surface area (Å²) in [5.41, 5.74) is 0.914. The third kappa shape index (κ3) is 10.1. The number of aromatic nitrogens is 2. The van der Waals surface area contributed by atoms with Gasteiger partial charge in [-0.2, -0.15) is 0 Å². The Kier molecular flexibility index (Phi) is 13.4. The minimum absolute atomic E-state index is 0.268. The van der Waals surface area contributed by atoms with Crippen LogP contribution in [0.2, 0.25) is 0 Å². The molecular weight excluding hydrogens is 372 g/mol. The Morgan fingerprint density at radius 2 is 1.71 bits per heavy atom. The summed E-state index contributed by atoms with van der Waals surface area (Å²) < 4.78 is 4.70. The molecule has 158 valence electrons. The molecule has 1 N–H and O–H groups in total. The molecule has 5 nitrogen and oxygen atoms in total. The Labute approximate surface area is 174 Å². The Balaban J connectivity index is 2.19. The highest BCUT2D eigenvalue weighted by Gasteiger charge is 2.17. The van der Waals surface area contributed by atoms with E-state index < -0.39 is 5.97 Å². The SMILES string of the molecule is CCCCCCCCCCCC/C=C\C(C=O)Sc1nc(C(=O)OC)c(C)[nH]1. The summed E-state index contributed by atoms with van der Waals surface area (Å²) in [6.45, 7) is 4.02. The number of hydrogen-bond donors (Lipinski definition) is 1. The fraction of sp³-hybridized carbons (Fsp3) is 0.682. The minimum Gasteiger partial charge on any atom is -0.464 e. The van der Waals surface area contributed by atoms with Gasteiger partial charge in [-0.25, -0.2) is 9.78 Å². The van der Waals surface area contributed by atoms with E-state index in [9.17, 15) is 9.59 Å². The number of carbonyl (C=O) groups is 2. The monoisotopic (exact) mass is 408 g/mol. The Hall–Kier alpha value is -1.56. The fourth-order valence-corrected chi connectivity index (χ4v) is 3.86. The van der Waals surface area contributed by atoms with Gasteiger partial charge < -0.3 is 14.5 Å². The van der Waals surface area contributed by atoms with E-state index in [0.717, 1.165) is 19.1 Å². The Morgan fingerprint density at radius 3 is 2.29 bits per heavy atom. The van der Waals surface area contributed by atoms with E-state index in [0.29, 0.717) is 10.9 Å². The van der Waals surface area contributed by atoms with Crippen LogP contribution in [0.15, 0.2) is 17.3 Å². The van der Waals surface area contributed by atoms with Crippen molar-refractivity contribution in [3.63, 3.8) is 0 Å². The third-order valence-electron chi connectivity index (χ3n) is 4.67. The van der Waals surface area contributed by atoms with Gasteiger partial charge in [-0.15, -0.1) is 0 Å². The van der Waals surface area contributed by atoms with Crippen LogP contribution in [-0.2, 0) is 9.53 Å². The molecule has 0 aliphatic rings. The number of nitrogens with one attached hydrogen (secondary N) is 1. The topological polar surface area (TPSA) is 72.1 Å². The molecule has 1 heterocycles. The minimum atomic E-state index is -0.472. The van der Waals surface area contributed by atoms with Crippen molar-refractivity contribution in [2.45, 2.75) is 94.9 Å². The van der Waals surface area contributed by atoms with Crippen molar-refractivity contribution in [2.24, 2.45) is 0 Å². The van der Waals surface area contributed by atoms with E-state index in [1.54, 1.807) is 6.92 Å². The molecule has 6 heteroatoms. The molecule has 1 atom stereocenters. The summed E-state index contributed by atoms with van der Waals surface area (Å²) in [4.78, 5) is 30.2. The summed E-state index contributed by atoms with van der Waals surface area (Å²) >= 11 is 1.31. The van der Waals surface area contributed by atoms with Crippen LogP contribution < -0.4 is 0 Å².